The second-order valence-electron chi connectivity index (χ2n) is 12.6. The molecule has 2 saturated heterocycles. The molecule has 1 unspecified atom stereocenters. The minimum absolute atomic E-state index is 0.0106. The maximum atomic E-state index is 13.8. The normalized spacial score (nSPS) is 17.5. The van der Waals surface area contributed by atoms with E-state index >= 15 is 0 Å². The lowest BCUT2D eigenvalue weighted by atomic mass is 9.88. The molecule has 3 heterocycles. The standard InChI is InChI=1S/C32H44N4O5/c1-20(2)14-27-26(16-33-31(39)41-32(5,6)7)30(23-10-8-21(3)9-11-23)25(22(4)34-27)15-28(37)35-12-13-36-24(17-35)18-40-19-29(36)38/h8-11,20,24H,12-19H2,1-7H3,(H,33,39). The first-order valence-corrected chi connectivity index (χ1v) is 14.5. The van der Waals surface area contributed by atoms with Crippen LogP contribution >= 0.6 is 0 Å². The van der Waals surface area contributed by atoms with E-state index in [9.17, 15) is 14.4 Å². The van der Waals surface area contributed by atoms with E-state index in [0.29, 0.717) is 32.2 Å². The van der Waals surface area contributed by atoms with E-state index in [-0.39, 0.29) is 37.4 Å². The topological polar surface area (TPSA) is 101 Å². The fourth-order valence-corrected chi connectivity index (χ4v) is 5.53. The minimum Gasteiger partial charge on any atom is -0.444 e. The maximum Gasteiger partial charge on any atom is 0.407 e. The summed E-state index contributed by atoms with van der Waals surface area (Å²) in [4.78, 5) is 47.4. The first-order valence-electron chi connectivity index (χ1n) is 14.5. The number of morpholine rings is 1. The van der Waals surface area contributed by atoms with Gasteiger partial charge < -0.3 is 24.6 Å². The molecule has 2 fully saturated rings. The molecule has 1 atom stereocenters. The number of benzene rings is 1. The van der Waals surface area contributed by atoms with Crippen molar-refractivity contribution in [2.24, 2.45) is 5.92 Å². The minimum atomic E-state index is -0.619. The molecule has 1 aromatic carbocycles. The Balaban J connectivity index is 1.72. The van der Waals surface area contributed by atoms with Gasteiger partial charge in [-0.15, -0.1) is 0 Å². The molecule has 222 valence electrons. The molecule has 0 saturated carbocycles. The Morgan fingerprint density at radius 3 is 2.49 bits per heavy atom. The van der Waals surface area contributed by atoms with Crippen LogP contribution in [0.15, 0.2) is 24.3 Å². The number of amides is 3. The van der Waals surface area contributed by atoms with Crippen molar-refractivity contribution in [1.82, 2.24) is 20.1 Å². The number of aromatic nitrogens is 1. The quantitative estimate of drug-likeness (QED) is 0.541. The number of carbonyl (C=O) groups excluding carboxylic acids is 3. The maximum absolute atomic E-state index is 13.8. The van der Waals surface area contributed by atoms with Gasteiger partial charge in [-0.2, -0.15) is 0 Å². The summed E-state index contributed by atoms with van der Waals surface area (Å²) < 4.78 is 11.0. The van der Waals surface area contributed by atoms with E-state index in [1.807, 2.05) is 44.4 Å². The van der Waals surface area contributed by atoms with Crippen molar-refractivity contribution in [3.63, 3.8) is 0 Å². The molecule has 0 bridgehead atoms. The van der Waals surface area contributed by atoms with E-state index in [1.54, 1.807) is 0 Å². The van der Waals surface area contributed by atoms with Crippen LogP contribution in [0.25, 0.3) is 11.1 Å². The zero-order valence-corrected chi connectivity index (χ0v) is 25.5. The summed E-state index contributed by atoms with van der Waals surface area (Å²) in [5.41, 5.74) is 5.90. The Kier molecular flexibility index (Phi) is 9.37. The van der Waals surface area contributed by atoms with Gasteiger partial charge in [-0.05, 0) is 63.6 Å². The van der Waals surface area contributed by atoms with Crippen molar-refractivity contribution in [2.75, 3.05) is 32.8 Å². The lowest BCUT2D eigenvalue weighted by Crippen LogP contribution is -2.61. The number of ether oxygens (including phenoxy) is 2. The number of fused-ring (bicyclic) bond motifs is 1. The summed E-state index contributed by atoms with van der Waals surface area (Å²) in [6.45, 7) is 16.0. The summed E-state index contributed by atoms with van der Waals surface area (Å²) in [7, 11) is 0. The van der Waals surface area contributed by atoms with E-state index in [0.717, 1.165) is 45.6 Å². The predicted molar refractivity (Wildman–Crippen MR) is 157 cm³/mol. The van der Waals surface area contributed by atoms with Gasteiger partial charge in [-0.1, -0.05) is 43.7 Å². The summed E-state index contributed by atoms with van der Waals surface area (Å²) in [6, 6.07) is 8.13. The number of rotatable bonds is 7. The number of aryl methyl sites for hydroxylation is 2. The molecule has 1 N–H and O–H groups in total. The number of piperazine rings is 1. The van der Waals surface area contributed by atoms with E-state index in [2.05, 4.69) is 43.4 Å². The van der Waals surface area contributed by atoms with Crippen LogP contribution < -0.4 is 5.32 Å². The Labute approximate surface area is 243 Å². The molecule has 0 aliphatic carbocycles. The van der Waals surface area contributed by atoms with Crippen LogP contribution in [0.4, 0.5) is 4.79 Å². The van der Waals surface area contributed by atoms with Gasteiger partial charge in [0.15, 0.2) is 0 Å². The third kappa shape index (κ3) is 7.64. The van der Waals surface area contributed by atoms with Crippen LogP contribution in [0.5, 0.6) is 0 Å². The molecule has 1 aromatic heterocycles. The predicted octanol–water partition coefficient (Wildman–Crippen LogP) is 4.20. The second kappa shape index (κ2) is 12.6. The van der Waals surface area contributed by atoms with Crippen molar-refractivity contribution in [3.8, 4) is 11.1 Å². The van der Waals surface area contributed by atoms with Gasteiger partial charge in [0.25, 0.3) is 0 Å². The monoisotopic (exact) mass is 564 g/mol. The molecule has 2 aromatic rings. The van der Waals surface area contributed by atoms with E-state index in [4.69, 9.17) is 14.5 Å². The smallest absolute Gasteiger partial charge is 0.407 e. The lowest BCUT2D eigenvalue weighted by Gasteiger charge is -2.43. The SMILES string of the molecule is Cc1ccc(-c2c(CC(=O)N3CCN4C(=O)COCC4C3)c(C)nc(CC(C)C)c2CNC(=O)OC(C)(C)C)cc1. The molecule has 0 spiro atoms. The molecule has 9 heteroatoms. The average Bonchev–Trinajstić information content (AvgIpc) is 2.88. The zero-order valence-electron chi connectivity index (χ0n) is 25.5. The number of hydrogen-bond acceptors (Lipinski definition) is 6. The van der Waals surface area contributed by atoms with Crippen molar-refractivity contribution >= 4 is 17.9 Å². The van der Waals surface area contributed by atoms with Crippen molar-refractivity contribution in [3.05, 3.63) is 52.3 Å². The number of nitrogens with zero attached hydrogens (tertiary/aromatic N) is 3. The van der Waals surface area contributed by atoms with Crippen LogP contribution in [0, 0.1) is 19.8 Å². The highest BCUT2D eigenvalue weighted by Crippen LogP contribution is 2.34. The van der Waals surface area contributed by atoms with Gasteiger partial charge >= 0.3 is 6.09 Å². The molecule has 4 rings (SSSR count). The van der Waals surface area contributed by atoms with E-state index in [1.165, 1.54) is 0 Å². The van der Waals surface area contributed by atoms with Gasteiger partial charge in [-0.25, -0.2) is 4.79 Å². The molecule has 2 aliphatic heterocycles. The van der Waals surface area contributed by atoms with Crippen molar-refractivity contribution < 1.29 is 23.9 Å². The number of alkyl carbamates (subject to hydrolysis) is 1. The van der Waals surface area contributed by atoms with Crippen LogP contribution in [0.3, 0.4) is 0 Å². The third-order valence-corrected chi connectivity index (χ3v) is 7.46. The zero-order chi connectivity index (χ0) is 29.9. The van der Waals surface area contributed by atoms with E-state index < -0.39 is 11.7 Å². The molecular weight excluding hydrogens is 520 g/mol. The summed E-state index contributed by atoms with van der Waals surface area (Å²) >= 11 is 0. The molecule has 41 heavy (non-hydrogen) atoms. The van der Waals surface area contributed by atoms with Crippen molar-refractivity contribution in [2.45, 2.75) is 79.5 Å². The number of carbonyl (C=O) groups is 3. The molecule has 9 nitrogen and oxygen atoms in total. The third-order valence-electron chi connectivity index (χ3n) is 7.46. The first-order chi connectivity index (χ1) is 19.3. The molecular formula is C32H44N4O5. The summed E-state index contributed by atoms with van der Waals surface area (Å²) in [5.74, 6) is 0.318. The number of pyridine rings is 1. The second-order valence-corrected chi connectivity index (χ2v) is 12.6. The number of nitrogens with one attached hydrogen (secondary N) is 1. The van der Waals surface area contributed by atoms with Crippen LogP contribution in [0.2, 0.25) is 0 Å². The highest BCUT2D eigenvalue weighted by atomic mass is 16.6. The first kappa shape index (κ1) is 30.5. The van der Waals surface area contributed by atoms with Crippen LogP contribution in [-0.2, 0) is 38.4 Å². The van der Waals surface area contributed by atoms with Gasteiger partial charge in [-0.3, -0.25) is 14.6 Å². The fourth-order valence-electron chi connectivity index (χ4n) is 5.53. The Morgan fingerprint density at radius 2 is 1.83 bits per heavy atom. The van der Waals surface area contributed by atoms with Gasteiger partial charge in [0, 0.05) is 43.1 Å². The van der Waals surface area contributed by atoms with Gasteiger partial charge in [0.1, 0.15) is 12.2 Å². The Hall–Kier alpha value is -3.46. The Bertz CT molecular complexity index is 1280. The lowest BCUT2D eigenvalue weighted by molar-refractivity contribution is -0.156. The van der Waals surface area contributed by atoms with Gasteiger partial charge in [0.2, 0.25) is 11.8 Å². The summed E-state index contributed by atoms with van der Waals surface area (Å²) in [5, 5.41) is 2.94. The highest BCUT2D eigenvalue weighted by molar-refractivity contribution is 5.85. The largest absolute Gasteiger partial charge is 0.444 e. The molecule has 3 amide bonds. The fraction of sp³-hybridized carbons (Fsp3) is 0.562. The number of hydrogen-bond donors (Lipinski definition) is 1. The molecule has 2 aliphatic rings. The van der Waals surface area contributed by atoms with Crippen molar-refractivity contribution in [1.29, 1.82) is 0 Å². The Morgan fingerprint density at radius 1 is 1.12 bits per heavy atom. The van der Waals surface area contributed by atoms with Crippen LogP contribution in [-0.4, -0.2) is 77.2 Å². The average molecular weight is 565 g/mol. The van der Waals surface area contributed by atoms with Gasteiger partial charge in [0.05, 0.1) is 19.1 Å². The van der Waals surface area contributed by atoms with Crippen LogP contribution in [0.1, 0.15) is 62.7 Å². The highest BCUT2D eigenvalue weighted by Gasteiger charge is 2.36. The summed E-state index contributed by atoms with van der Waals surface area (Å²) in [6.07, 6.45) is 0.408. The molecule has 0 radical (unpaired) electrons.